The second-order valence-electron chi connectivity index (χ2n) is 2.89. The molecule has 0 saturated carbocycles. The van der Waals surface area contributed by atoms with Crippen molar-refractivity contribution in [3.63, 3.8) is 0 Å². The molecule has 2 nitrogen and oxygen atoms in total. The van der Waals surface area contributed by atoms with Gasteiger partial charge in [-0.3, -0.25) is 4.99 Å². The van der Waals surface area contributed by atoms with E-state index in [1.165, 1.54) is 0 Å². The number of nitriles is 1. The molecule has 0 fully saturated rings. The lowest BCUT2D eigenvalue weighted by Crippen LogP contribution is -1.87. The third kappa shape index (κ3) is 1.48. The van der Waals surface area contributed by atoms with Crippen LogP contribution in [0.15, 0.2) is 35.5 Å². The number of aliphatic imine (C=N–C) groups is 1. The highest BCUT2D eigenvalue weighted by atomic mass is 14.7. The van der Waals surface area contributed by atoms with Gasteiger partial charge in [-0.1, -0.05) is 18.2 Å². The van der Waals surface area contributed by atoms with Gasteiger partial charge in [-0.05, 0) is 29.3 Å². The summed E-state index contributed by atoms with van der Waals surface area (Å²) in [7, 11) is 0. The van der Waals surface area contributed by atoms with E-state index in [9.17, 15) is 0 Å². The summed E-state index contributed by atoms with van der Waals surface area (Å²) >= 11 is 0. The van der Waals surface area contributed by atoms with Crippen LogP contribution in [0.1, 0.15) is 16.7 Å². The molecule has 66 valence electrons. The van der Waals surface area contributed by atoms with Crippen molar-refractivity contribution < 1.29 is 0 Å². The van der Waals surface area contributed by atoms with Gasteiger partial charge in [0.2, 0.25) is 0 Å². The number of fused-ring (bicyclic) bond motifs is 1. The van der Waals surface area contributed by atoms with Crippen LogP contribution >= 0.6 is 0 Å². The second kappa shape index (κ2) is 3.71. The van der Waals surface area contributed by atoms with Gasteiger partial charge in [-0.15, -0.1) is 0 Å². The zero-order valence-corrected chi connectivity index (χ0v) is 7.51. The summed E-state index contributed by atoms with van der Waals surface area (Å²) in [5.41, 5.74) is 2.67. The highest BCUT2D eigenvalue weighted by Gasteiger charge is 2.02. The van der Waals surface area contributed by atoms with E-state index in [2.05, 4.69) is 11.1 Å². The van der Waals surface area contributed by atoms with E-state index in [4.69, 9.17) is 5.26 Å². The summed E-state index contributed by atoms with van der Waals surface area (Å²) in [4.78, 5) is 4.01. The second-order valence-corrected chi connectivity index (χ2v) is 2.89. The molecule has 2 rings (SSSR count). The van der Waals surface area contributed by atoms with E-state index in [0.29, 0.717) is 5.56 Å². The highest BCUT2D eigenvalue weighted by molar-refractivity contribution is 5.83. The summed E-state index contributed by atoms with van der Waals surface area (Å²) in [5, 5.41) is 8.91. The Kier molecular flexibility index (Phi) is 2.24. The lowest BCUT2D eigenvalue weighted by atomic mass is 10.0. The molecule has 1 heterocycles. The first kappa shape index (κ1) is 8.46. The topological polar surface area (TPSA) is 36.1 Å². The van der Waals surface area contributed by atoms with Gasteiger partial charge in [-0.25, -0.2) is 0 Å². The van der Waals surface area contributed by atoms with Crippen molar-refractivity contribution in [3.05, 3.63) is 47.2 Å². The SMILES string of the molecule is N#Cc1cccc2c1\C=C/C=N\C=C/2. The van der Waals surface area contributed by atoms with Crippen molar-refractivity contribution in [1.82, 2.24) is 0 Å². The Labute approximate surface area is 82.5 Å². The molecule has 0 amide bonds. The summed E-state index contributed by atoms with van der Waals surface area (Å²) in [6.07, 6.45) is 9.07. The molecule has 0 aliphatic carbocycles. The molecule has 0 saturated heterocycles. The van der Waals surface area contributed by atoms with Gasteiger partial charge < -0.3 is 0 Å². The number of benzene rings is 1. The Hall–Kier alpha value is -2.14. The predicted molar refractivity (Wildman–Crippen MR) is 57.7 cm³/mol. The fraction of sp³-hybridized carbons (Fsp3) is 0. The largest absolute Gasteiger partial charge is 0.265 e. The number of hydrogen-bond acceptors (Lipinski definition) is 2. The number of hydrogen-bond donors (Lipinski definition) is 0. The van der Waals surface area contributed by atoms with Gasteiger partial charge in [0.05, 0.1) is 11.6 Å². The first-order chi connectivity index (χ1) is 6.92. The maximum Gasteiger partial charge on any atom is 0.0998 e. The summed E-state index contributed by atoms with van der Waals surface area (Å²) < 4.78 is 0. The Morgan fingerprint density at radius 1 is 1.21 bits per heavy atom. The van der Waals surface area contributed by atoms with Crippen LogP contribution in [0, 0.1) is 11.3 Å². The van der Waals surface area contributed by atoms with Crippen LogP contribution in [-0.2, 0) is 0 Å². The van der Waals surface area contributed by atoms with Gasteiger partial charge in [0, 0.05) is 12.4 Å². The van der Waals surface area contributed by atoms with Gasteiger partial charge >= 0.3 is 0 Å². The molecule has 14 heavy (non-hydrogen) atoms. The summed E-state index contributed by atoms with van der Waals surface area (Å²) in [6.45, 7) is 0. The number of rotatable bonds is 0. The average molecular weight is 180 g/mol. The molecule has 2 heteroatoms. The molecule has 0 unspecified atom stereocenters. The van der Waals surface area contributed by atoms with E-state index in [-0.39, 0.29) is 0 Å². The molecule has 0 spiro atoms. The van der Waals surface area contributed by atoms with E-state index in [1.807, 2.05) is 36.4 Å². The molecule has 0 atom stereocenters. The van der Waals surface area contributed by atoms with Crippen LogP contribution in [0.4, 0.5) is 0 Å². The number of allylic oxidation sites excluding steroid dienone is 1. The molecule has 1 aliphatic rings. The highest BCUT2D eigenvalue weighted by Crippen LogP contribution is 2.18. The molecular formula is C12H8N2. The lowest BCUT2D eigenvalue weighted by Gasteiger charge is -2.03. The molecule has 1 aromatic carbocycles. The van der Waals surface area contributed by atoms with Crippen molar-refractivity contribution in [2.45, 2.75) is 0 Å². The normalized spacial score (nSPS) is 19.6. The standard InChI is InChI=1S/C12H8N2/c13-9-11-4-1-3-10-6-8-14-7-2-5-12(10)11/h1-8H/b5-2-,7-2?,8-6-,10-6?,12-5?,14-7-,14-8?. The van der Waals surface area contributed by atoms with Crippen molar-refractivity contribution in [1.29, 1.82) is 5.26 Å². The molecule has 0 bridgehead atoms. The monoisotopic (exact) mass is 180 g/mol. The van der Waals surface area contributed by atoms with Crippen LogP contribution in [0.5, 0.6) is 0 Å². The number of nitrogens with zero attached hydrogens (tertiary/aromatic N) is 2. The Morgan fingerprint density at radius 2 is 2.14 bits per heavy atom. The minimum atomic E-state index is 0.693. The minimum Gasteiger partial charge on any atom is -0.265 e. The molecule has 0 N–H and O–H groups in total. The maximum atomic E-state index is 8.91. The Morgan fingerprint density at radius 3 is 3.00 bits per heavy atom. The van der Waals surface area contributed by atoms with Crippen LogP contribution in [0.25, 0.3) is 12.2 Å². The van der Waals surface area contributed by atoms with Crippen molar-refractivity contribution >= 4 is 18.4 Å². The van der Waals surface area contributed by atoms with Gasteiger partial charge in [0.15, 0.2) is 0 Å². The summed E-state index contributed by atoms with van der Waals surface area (Å²) in [5.74, 6) is 0. The van der Waals surface area contributed by atoms with Crippen LogP contribution in [0.2, 0.25) is 0 Å². The quantitative estimate of drug-likeness (QED) is 0.604. The first-order valence-corrected chi connectivity index (χ1v) is 4.31. The maximum absolute atomic E-state index is 8.91. The molecular weight excluding hydrogens is 172 g/mol. The fourth-order valence-electron chi connectivity index (χ4n) is 1.37. The van der Waals surface area contributed by atoms with Gasteiger partial charge in [0.1, 0.15) is 0 Å². The average Bonchev–Trinajstić information content (AvgIpc) is 2.18. The molecule has 1 aliphatic heterocycles. The zero-order chi connectivity index (χ0) is 9.80. The van der Waals surface area contributed by atoms with E-state index in [1.54, 1.807) is 12.4 Å². The van der Waals surface area contributed by atoms with E-state index < -0.39 is 0 Å². The summed E-state index contributed by atoms with van der Waals surface area (Å²) in [6, 6.07) is 7.83. The minimum absolute atomic E-state index is 0.693. The van der Waals surface area contributed by atoms with Crippen molar-refractivity contribution in [3.8, 4) is 6.07 Å². The van der Waals surface area contributed by atoms with Crippen molar-refractivity contribution in [2.75, 3.05) is 0 Å². The first-order valence-electron chi connectivity index (χ1n) is 4.31. The van der Waals surface area contributed by atoms with Crippen LogP contribution in [0.3, 0.4) is 0 Å². The Bertz CT molecular complexity index is 474. The van der Waals surface area contributed by atoms with Gasteiger partial charge in [0.25, 0.3) is 0 Å². The zero-order valence-electron chi connectivity index (χ0n) is 7.51. The van der Waals surface area contributed by atoms with E-state index >= 15 is 0 Å². The third-order valence-corrected chi connectivity index (χ3v) is 2.04. The molecule has 1 aromatic rings. The molecule has 0 radical (unpaired) electrons. The van der Waals surface area contributed by atoms with Gasteiger partial charge in [-0.2, -0.15) is 5.26 Å². The van der Waals surface area contributed by atoms with Crippen LogP contribution < -0.4 is 0 Å². The van der Waals surface area contributed by atoms with Crippen molar-refractivity contribution in [2.24, 2.45) is 4.99 Å². The third-order valence-electron chi connectivity index (χ3n) is 2.04. The lowest BCUT2D eigenvalue weighted by molar-refractivity contribution is 1.46. The van der Waals surface area contributed by atoms with Crippen LogP contribution in [-0.4, -0.2) is 6.21 Å². The predicted octanol–water partition coefficient (Wildman–Crippen LogP) is 2.63. The fourth-order valence-corrected chi connectivity index (χ4v) is 1.37. The molecule has 0 aromatic heterocycles. The van der Waals surface area contributed by atoms with E-state index in [0.717, 1.165) is 11.1 Å². The smallest absolute Gasteiger partial charge is 0.0998 e. The Balaban J connectivity index is 2.66.